The summed E-state index contributed by atoms with van der Waals surface area (Å²) < 4.78 is 0. The molecule has 1 heterocycles. The molecule has 4 heteroatoms. The number of hydrogen-bond donors (Lipinski definition) is 1. The zero-order chi connectivity index (χ0) is 9.84. The zero-order valence-electron chi connectivity index (χ0n) is 8.76. The molecule has 1 saturated heterocycles. The summed E-state index contributed by atoms with van der Waals surface area (Å²) in [5.74, 6) is 0.0712. The molecule has 0 spiro atoms. The van der Waals surface area contributed by atoms with E-state index >= 15 is 0 Å². The Labute approximate surface area is 91.7 Å². The molecule has 0 aromatic heterocycles. The first-order valence-electron chi connectivity index (χ1n) is 4.92. The summed E-state index contributed by atoms with van der Waals surface area (Å²) in [6.45, 7) is 6.29. The number of carbonyl (C=O) groups excluding carboxylic acids is 1. The molecule has 0 bridgehead atoms. The van der Waals surface area contributed by atoms with Crippen molar-refractivity contribution in [3.63, 3.8) is 0 Å². The van der Waals surface area contributed by atoms with Gasteiger partial charge in [0.15, 0.2) is 6.17 Å². The Hall–Kier alpha value is -0.540. The van der Waals surface area contributed by atoms with Crippen LogP contribution in [-0.2, 0) is 4.79 Å². The molecule has 1 rings (SSSR count). The predicted molar refractivity (Wildman–Crippen MR) is 51.7 cm³/mol. The predicted octanol–water partition coefficient (Wildman–Crippen LogP) is -2.46. The van der Waals surface area contributed by atoms with Gasteiger partial charge in [0.2, 0.25) is 0 Å². The molecule has 0 aromatic rings. The van der Waals surface area contributed by atoms with Crippen LogP contribution in [0.3, 0.4) is 0 Å². The summed E-state index contributed by atoms with van der Waals surface area (Å²) in [6.07, 6.45) is 4.68. The third-order valence-corrected chi connectivity index (χ3v) is 2.50. The highest BCUT2D eigenvalue weighted by molar-refractivity contribution is 5.92. The van der Waals surface area contributed by atoms with Gasteiger partial charge in [-0.15, -0.1) is 0 Å². The first kappa shape index (κ1) is 13.5. The lowest BCUT2D eigenvalue weighted by molar-refractivity contribution is -0.452. The van der Waals surface area contributed by atoms with Crippen LogP contribution in [0.1, 0.15) is 32.6 Å². The lowest BCUT2D eigenvalue weighted by Gasteiger charge is -2.23. The van der Waals surface area contributed by atoms with Gasteiger partial charge in [-0.3, -0.25) is 9.69 Å². The van der Waals surface area contributed by atoms with Gasteiger partial charge in [0.1, 0.15) is 0 Å². The second-order valence-electron chi connectivity index (χ2n) is 3.78. The van der Waals surface area contributed by atoms with Gasteiger partial charge in [-0.2, -0.15) is 0 Å². The highest BCUT2D eigenvalue weighted by Crippen LogP contribution is 2.14. The van der Waals surface area contributed by atoms with E-state index in [0.717, 1.165) is 19.4 Å². The quantitative estimate of drug-likeness (QED) is 0.488. The van der Waals surface area contributed by atoms with Crippen LogP contribution in [0.25, 0.3) is 0 Å². The van der Waals surface area contributed by atoms with Crippen LogP contribution in [0.4, 0.5) is 0 Å². The maximum absolute atomic E-state index is 11.6. The van der Waals surface area contributed by atoms with Gasteiger partial charge in [0.05, 0.1) is 0 Å². The van der Waals surface area contributed by atoms with E-state index in [4.69, 9.17) is 0 Å². The van der Waals surface area contributed by atoms with Crippen molar-refractivity contribution in [1.82, 2.24) is 4.90 Å². The fraction of sp³-hybridized carbons (Fsp3) is 0.700. The lowest BCUT2D eigenvalue weighted by Crippen LogP contribution is -3.00. The van der Waals surface area contributed by atoms with E-state index in [1.165, 1.54) is 12.8 Å². The number of halogens is 1. The molecule has 82 valence electrons. The summed E-state index contributed by atoms with van der Waals surface area (Å²) >= 11 is 0. The van der Waals surface area contributed by atoms with Crippen LogP contribution >= 0.6 is 0 Å². The number of amides is 1. The summed E-state index contributed by atoms with van der Waals surface area (Å²) in [5.41, 5.74) is 4.63. The highest BCUT2D eigenvalue weighted by atomic mass is 35.5. The van der Waals surface area contributed by atoms with E-state index in [0.29, 0.717) is 5.57 Å². The molecule has 1 unspecified atom stereocenters. The van der Waals surface area contributed by atoms with Crippen molar-refractivity contribution in [3.05, 3.63) is 12.2 Å². The second-order valence-corrected chi connectivity index (χ2v) is 3.78. The maximum Gasteiger partial charge on any atom is 0.253 e. The lowest BCUT2D eigenvalue weighted by atomic mass is 10.2. The molecule has 1 aliphatic heterocycles. The van der Waals surface area contributed by atoms with E-state index in [1.807, 2.05) is 4.90 Å². The normalized spacial score (nSPS) is 22.1. The minimum Gasteiger partial charge on any atom is -1.00 e. The minimum atomic E-state index is 0. The van der Waals surface area contributed by atoms with E-state index in [-0.39, 0.29) is 24.5 Å². The van der Waals surface area contributed by atoms with Gasteiger partial charge in [-0.1, -0.05) is 13.0 Å². The molecule has 0 aliphatic carbocycles. The van der Waals surface area contributed by atoms with Crippen LogP contribution in [-0.4, -0.2) is 23.5 Å². The van der Waals surface area contributed by atoms with E-state index in [9.17, 15) is 4.79 Å². The van der Waals surface area contributed by atoms with Crippen LogP contribution in [0.2, 0.25) is 0 Å². The van der Waals surface area contributed by atoms with E-state index in [2.05, 4.69) is 12.3 Å². The number of quaternary nitrogens is 1. The van der Waals surface area contributed by atoms with Crippen LogP contribution in [0, 0.1) is 0 Å². The number of carbonyl (C=O) groups is 1. The van der Waals surface area contributed by atoms with Gasteiger partial charge in [0.25, 0.3) is 5.91 Å². The zero-order valence-corrected chi connectivity index (χ0v) is 9.52. The van der Waals surface area contributed by atoms with Crippen molar-refractivity contribution in [1.29, 1.82) is 0 Å². The SMILES string of the molecule is C=C(C)C(=O)N1CCCCCC1[NH3+].[Cl-]. The fourth-order valence-corrected chi connectivity index (χ4v) is 1.69. The number of rotatable bonds is 1. The second kappa shape index (κ2) is 6.04. The topological polar surface area (TPSA) is 48.0 Å². The number of hydrogen-bond acceptors (Lipinski definition) is 1. The molecular formula is C10H19ClN2O. The monoisotopic (exact) mass is 218 g/mol. The number of likely N-dealkylation sites (tertiary alicyclic amines) is 1. The smallest absolute Gasteiger partial charge is 0.253 e. The van der Waals surface area contributed by atoms with Crippen LogP contribution in [0.5, 0.6) is 0 Å². The Morgan fingerprint density at radius 3 is 2.64 bits per heavy atom. The first-order valence-corrected chi connectivity index (χ1v) is 4.92. The Bertz CT molecular complexity index is 218. The largest absolute Gasteiger partial charge is 1.00 e. The molecule has 3 N–H and O–H groups in total. The molecule has 14 heavy (non-hydrogen) atoms. The Kier molecular flexibility index (Phi) is 5.81. The molecule has 0 radical (unpaired) electrons. The number of nitrogens with zero attached hydrogens (tertiary/aromatic N) is 1. The van der Waals surface area contributed by atoms with E-state index in [1.54, 1.807) is 6.92 Å². The van der Waals surface area contributed by atoms with Gasteiger partial charge in [-0.05, 0) is 19.8 Å². The van der Waals surface area contributed by atoms with Gasteiger partial charge < -0.3 is 18.1 Å². The van der Waals surface area contributed by atoms with Crippen molar-refractivity contribution >= 4 is 5.91 Å². The third kappa shape index (κ3) is 3.31. The van der Waals surface area contributed by atoms with Crippen LogP contribution in [0.15, 0.2) is 12.2 Å². The Morgan fingerprint density at radius 1 is 1.43 bits per heavy atom. The third-order valence-electron chi connectivity index (χ3n) is 2.50. The van der Waals surface area contributed by atoms with Gasteiger partial charge >= 0.3 is 0 Å². The average Bonchev–Trinajstić information content (AvgIpc) is 2.28. The Morgan fingerprint density at radius 2 is 2.07 bits per heavy atom. The summed E-state index contributed by atoms with van der Waals surface area (Å²) in [7, 11) is 0. The van der Waals surface area contributed by atoms with Gasteiger partial charge in [0, 0.05) is 18.5 Å². The first-order chi connectivity index (χ1) is 6.13. The standard InChI is InChI=1S/C10H18N2O.ClH/c1-8(2)10(13)12-7-5-3-4-6-9(12)11;/h9H,1,3-7,11H2,2H3;1H. The van der Waals surface area contributed by atoms with Crippen molar-refractivity contribution in [2.45, 2.75) is 38.8 Å². The van der Waals surface area contributed by atoms with E-state index < -0.39 is 0 Å². The average molecular weight is 219 g/mol. The van der Waals surface area contributed by atoms with Gasteiger partial charge in [-0.25, -0.2) is 0 Å². The van der Waals surface area contributed by atoms with Crippen molar-refractivity contribution in [2.24, 2.45) is 0 Å². The highest BCUT2D eigenvalue weighted by Gasteiger charge is 2.24. The van der Waals surface area contributed by atoms with Crippen molar-refractivity contribution in [2.75, 3.05) is 6.54 Å². The molecular weight excluding hydrogens is 200 g/mol. The fourth-order valence-electron chi connectivity index (χ4n) is 1.69. The van der Waals surface area contributed by atoms with Crippen LogP contribution < -0.4 is 18.1 Å². The minimum absolute atomic E-state index is 0. The molecule has 0 aromatic carbocycles. The molecule has 1 amide bonds. The van der Waals surface area contributed by atoms with Crippen molar-refractivity contribution < 1.29 is 22.9 Å². The maximum atomic E-state index is 11.6. The molecule has 1 atom stereocenters. The molecule has 3 nitrogen and oxygen atoms in total. The molecule has 1 aliphatic rings. The summed E-state index contributed by atoms with van der Waals surface area (Å²) in [4.78, 5) is 13.5. The van der Waals surface area contributed by atoms with Crippen molar-refractivity contribution in [3.8, 4) is 0 Å². The molecule has 1 fully saturated rings. The molecule has 0 saturated carbocycles. The Balaban J connectivity index is 0.00000169. The summed E-state index contributed by atoms with van der Waals surface area (Å²) in [6, 6.07) is 0. The summed E-state index contributed by atoms with van der Waals surface area (Å²) in [5, 5.41) is 0.